The van der Waals surface area contributed by atoms with Crippen molar-refractivity contribution in [3.63, 3.8) is 0 Å². The van der Waals surface area contributed by atoms with Crippen molar-refractivity contribution in [2.45, 2.75) is 6.92 Å². The van der Waals surface area contributed by atoms with Crippen molar-refractivity contribution < 1.29 is 23.8 Å². The van der Waals surface area contributed by atoms with E-state index in [0.717, 1.165) is 6.08 Å². The zero-order chi connectivity index (χ0) is 17.0. The summed E-state index contributed by atoms with van der Waals surface area (Å²) in [7, 11) is 2.97. The number of hydrogen-bond acceptors (Lipinski definition) is 3. The van der Waals surface area contributed by atoms with Gasteiger partial charge in [0, 0.05) is 23.3 Å². The minimum absolute atomic E-state index is 0.354. The van der Waals surface area contributed by atoms with Crippen LogP contribution in [0.4, 0.5) is 4.39 Å². The van der Waals surface area contributed by atoms with Gasteiger partial charge < -0.3 is 14.6 Å². The van der Waals surface area contributed by atoms with Gasteiger partial charge in [0.15, 0.2) is 0 Å². The summed E-state index contributed by atoms with van der Waals surface area (Å²) in [4.78, 5) is 10.8. The molecule has 0 aliphatic rings. The van der Waals surface area contributed by atoms with Gasteiger partial charge in [-0.15, -0.1) is 0 Å². The first-order valence-electron chi connectivity index (χ1n) is 6.89. The highest BCUT2D eigenvalue weighted by atomic mass is 19.1. The van der Waals surface area contributed by atoms with Crippen LogP contribution in [0.5, 0.6) is 11.5 Å². The Morgan fingerprint density at radius 1 is 1.09 bits per heavy atom. The number of carboxylic acids is 1. The molecule has 0 aliphatic carbocycles. The minimum atomic E-state index is -1.03. The number of aliphatic carboxylic acids is 1. The second kappa shape index (κ2) is 6.96. The van der Waals surface area contributed by atoms with Gasteiger partial charge in [0.2, 0.25) is 0 Å². The monoisotopic (exact) mass is 316 g/mol. The Morgan fingerprint density at radius 3 is 2.39 bits per heavy atom. The summed E-state index contributed by atoms with van der Waals surface area (Å²) in [6.07, 6.45) is 1.11. The maximum Gasteiger partial charge on any atom is 0.328 e. The molecule has 0 fully saturated rings. The highest BCUT2D eigenvalue weighted by Gasteiger charge is 2.13. The van der Waals surface area contributed by atoms with Crippen molar-refractivity contribution in [1.82, 2.24) is 0 Å². The normalized spacial score (nSPS) is 11.2. The second-order valence-corrected chi connectivity index (χ2v) is 4.93. The van der Waals surface area contributed by atoms with Gasteiger partial charge in [0.05, 0.1) is 14.2 Å². The highest BCUT2D eigenvalue weighted by molar-refractivity contribution is 5.90. The fraction of sp³-hybridized carbons (Fsp3) is 0.167. The van der Waals surface area contributed by atoms with Gasteiger partial charge in [-0.05, 0) is 42.3 Å². The summed E-state index contributed by atoms with van der Waals surface area (Å²) in [6, 6.07) is 9.68. The molecule has 5 heteroatoms. The molecule has 0 amide bonds. The van der Waals surface area contributed by atoms with E-state index in [0.29, 0.717) is 33.8 Å². The molecule has 0 spiro atoms. The van der Waals surface area contributed by atoms with Crippen molar-refractivity contribution in [1.29, 1.82) is 0 Å². The van der Waals surface area contributed by atoms with Crippen molar-refractivity contribution in [2.24, 2.45) is 0 Å². The summed E-state index contributed by atoms with van der Waals surface area (Å²) >= 11 is 0. The summed E-state index contributed by atoms with van der Waals surface area (Å²) in [5, 5.41) is 8.86. The molecule has 0 unspecified atom stereocenters. The lowest BCUT2D eigenvalue weighted by Gasteiger charge is -2.13. The van der Waals surface area contributed by atoms with Crippen LogP contribution in [0.1, 0.15) is 12.5 Å². The van der Waals surface area contributed by atoms with Crippen LogP contribution in [0.3, 0.4) is 0 Å². The highest BCUT2D eigenvalue weighted by Crippen LogP contribution is 2.35. The van der Waals surface area contributed by atoms with Crippen LogP contribution in [-0.2, 0) is 4.79 Å². The number of rotatable bonds is 5. The molecule has 0 saturated heterocycles. The van der Waals surface area contributed by atoms with Crippen molar-refractivity contribution in [2.75, 3.05) is 14.2 Å². The standard InChI is InChI=1S/C18H17FO4/c1-11(8-18(20)21)12-4-7-17(23-3)15(9-12)14-6-5-13(22-2)10-16(14)19/h4-10H,1-3H3,(H,20,21)/b11-8+. The quantitative estimate of drug-likeness (QED) is 0.847. The van der Waals surface area contributed by atoms with E-state index in [9.17, 15) is 9.18 Å². The first-order chi connectivity index (χ1) is 11.0. The molecule has 2 aromatic carbocycles. The lowest BCUT2D eigenvalue weighted by molar-refractivity contribution is -0.131. The van der Waals surface area contributed by atoms with Gasteiger partial charge in [0.1, 0.15) is 17.3 Å². The average molecular weight is 316 g/mol. The number of halogens is 1. The van der Waals surface area contributed by atoms with Crippen LogP contribution in [0, 0.1) is 5.82 Å². The van der Waals surface area contributed by atoms with Crippen LogP contribution in [0.15, 0.2) is 42.5 Å². The smallest absolute Gasteiger partial charge is 0.328 e. The molecule has 0 radical (unpaired) electrons. The topological polar surface area (TPSA) is 55.8 Å². The molecule has 23 heavy (non-hydrogen) atoms. The summed E-state index contributed by atoms with van der Waals surface area (Å²) in [5.74, 6) is -0.556. The number of hydrogen-bond donors (Lipinski definition) is 1. The first-order valence-corrected chi connectivity index (χ1v) is 6.89. The van der Waals surface area contributed by atoms with Gasteiger partial charge in [-0.1, -0.05) is 6.07 Å². The van der Waals surface area contributed by atoms with Crippen molar-refractivity contribution >= 4 is 11.5 Å². The van der Waals surface area contributed by atoms with E-state index in [1.807, 2.05) is 0 Å². The van der Waals surface area contributed by atoms with Crippen LogP contribution in [-0.4, -0.2) is 25.3 Å². The van der Waals surface area contributed by atoms with Crippen molar-refractivity contribution in [3.8, 4) is 22.6 Å². The maximum atomic E-state index is 14.3. The predicted octanol–water partition coefficient (Wildman–Crippen LogP) is 4.00. The zero-order valence-corrected chi connectivity index (χ0v) is 13.1. The molecule has 2 aromatic rings. The summed E-state index contributed by atoms with van der Waals surface area (Å²) < 4.78 is 24.6. The molecule has 1 N–H and O–H groups in total. The fourth-order valence-corrected chi connectivity index (χ4v) is 2.27. The Balaban J connectivity index is 2.58. The molecule has 0 atom stereocenters. The number of ether oxygens (including phenoxy) is 2. The lowest BCUT2D eigenvalue weighted by Crippen LogP contribution is -1.95. The van der Waals surface area contributed by atoms with E-state index in [-0.39, 0.29) is 0 Å². The van der Waals surface area contributed by atoms with Gasteiger partial charge in [-0.25, -0.2) is 9.18 Å². The third-order valence-corrected chi connectivity index (χ3v) is 3.46. The molecule has 0 heterocycles. The number of allylic oxidation sites excluding steroid dienone is 1. The number of carbonyl (C=O) groups is 1. The second-order valence-electron chi connectivity index (χ2n) is 4.93. The van der Waals surface area contributed by atoms with Crippen molar-refractivity contribution in [3.05, 3.63) is 53.9 Å². The predicted molar refractivity (Wildman–Crippen MR) is 86.2 cm³/mol. The van der Waals surface area contributed by atoms with E-state index in [1.165, 1.54) is 20.3 Å². The van der Waals surface area contributed by atoms with E-state index < -0.39 is 11.8 Å². The summed E-state index contributed by atoms with van der Waals surface area (Å²) in [6.45, 7) is 1.68. The molecular formula is C18H17FO4. The molecule has 120 valence electrons. The number of methoxy groups -OCH3 is 2. The van der Waals surface area contributed by atoms with E-state index >= 15 is 0 Å². The molecule has 4 nitrogen and oxygen atoms in total. The Morgan fingerprint density at radius 2 is 1.83 bits per heavy atom. The van der Waals surface area contributed by atoms with E-state index in [4.69, 9.17) is 14.6 Å². The maximum absolute atomic E-state index is 14.3. The third-order valence-electron chi connectivity index (χ3n) is 3.46. The minimum Gasteiger partial charge on any atom is -0.497 e. The number of benzene rings is 2. The SMILES string of the molecule is COc1ccc(-c2cc(/C(C)=C/C(=O)O)ccc2OC)c(F)c1. The molecular weight excluding hydrogens is 299 g/mol. The lowest BCUT2D eigenvalue weighted by atomic mass is 9.98. The fourth-order valence-electron chi connectivity index (χ4n) is 2.27. The van der Waals surface area contributed by atoms with Crippen LogP contribution >= 0.6 is 0 Å². The Kier molecular flexibility index (Phi) is 5.01. The molecule has 0 aromatic heterocycles. The Labute approximate surface area is 133 Å². The number of carboxylic acid groups (broad SMARTS) is 1. The van der Waals surface area contributed by atoms with Gasteiger partial charge in [-0.3, -0.25) is 0 Å². The van der Waals surface area contributed by atoms with E-state index in [2.05, 4.69) is 0 Å². The van der Waals surface area contributed by atoms with Crippen LogP contribution in [0.2, 0.25) is 0 Å². The average Bonchev–Trinajstić information content (AvgIpc) is 2.53. The molecule has 0 aliphatic heterocycles. The van der Waals surface area contributed by atoms with Gasteiger partial charge >= 0.3 is 5.97 Å². The van der Waals surface area contributed by atoms with Gasteiger partial charge in [-0.2, -0.15) is 0 Å². The largest absolute Gasteiger partial charge is 0.497 e. The van der Waals surface area contributed by atoms with E-state index in [1.54, 1.807) is 37.3 Å². The molecule has 0 bridgehead atoms. The zero-order valence-electron chi connectivity index (χ0n) is 13.1. The van der Waals surface area contributed by atoms with Crippen LogP contribution in [0.25, 0.3) is 16.7 Å². The van der Waals surface area contributed by atoms with Crippen LogP contribution < -0.4 is 9.47 Å². The molecule has 0 saturated carbocycles. The first kappa shape index (κ1) is 16.5. The van der Waals surface area contributed by atoms with Gasteiger partial charge in [0.25, 0.3) is 0 Å². The Bertz CT molecular complexity index is 766. The third kappa shape index (κ3) is 3.69. The molecule has 2 rings (SSSR count). The summed E-state index contributed by atoms with van der Waals surface area (Å²) in [5.41, 5.74) is 2.14. The Hall–Kier alpha value is -2.82.